The molecule has 0 atom stereocenters. The Bertz CT molecular complexity index is 890. The molecule has 0 aliphatic carbocycles. The highest BCUT2D eigenvalue weighted by Gasteiger charge is 2.05. The number of hydrogen-bond acceptors (Lipinski definition) is 5. The third-order valence-corrected chi connectivity index (χ3v) is 4.75. The van der Waals surface area contributed by atoms with E-state index in [4.69, 9.17) is 11.6 Å². The van der Waals surface area contributed by atoms with Gasteiger partial charge in [-0.25, -0.2) is 4.98 Å². The molecule has 5 nitrogen and oxygen atoms in total. The van der Waals surface area contributed by atoms with E-state index in [0.717, 1.165) is 40.9 Å². The molecule has 3 rings (SSSR count). The summed E-state index contributed by atoms with van der Waals surface area (Å²) in [6.07, 6.45) is 0. The van der Waals surface area contributed by atoms with E-state index in [1.54, 1.807) is 0 Å². The molecule has 0 fully saturated rings. The lowest BCUT2D eigenvalue weighted by Crippen LogP contribution is -2.21. The summed E-state index contributed by atoms with van der Waals surface area (Å²) in [5.74, 6) is 1.36. The maximum atomic E-state index is 5.94. The second-order valence-electron chi connectivity index (χ2n) is 6.54. The molecular formula is C22H26ClN5. The van der Waals surface area contributed by atoms with Gasteiger partial charge in [-0.1, -0.05) is 23.7 Å². The number of aryl methyl sites for hydroxylation is 1. The van der Waals surface area contributed by atoms with Crippen molar-refractivity contribution in [1.29, 1.82) is 0 Å². The van der Waals surface area contributed by atoms with E-state index in [-0.39, 0.29) is 0 Å². The van der Waals surface area contributed by atoms with Crippen LogP contribution in [0.2, 0.25) is 5.02 Å². The van der Waals surface area contributed by atoms with Crippen LogP contribution in [0.3, 0.4) is 0 Å². The Morgan fingerprint density at radius 2 is 1.61 bits per heavy atom. The van der Waals surface area contributed by atoms with Crippen molar-refractivity contribution in [2.45, 2.75) is 27.3 Å². The summed E-state index contributed by atoms with van der Waals surface area (Å²) in [5.41, 5.74) is 4.22. The second kappa shape index (κ2) is 9.42. The molecule has 0 aliphatic heterocycles. The fraction of sp³-hybridized carbons (Fsp3) is 0.273. The van der Waals surface area contributed by atoms with E-state index in [0.29, 0.717) is 12.5 Å². The summed E-state index contributed by atoms with van der Waals surface area (Å²) < 4.78 is 0. The zero-order chi connectivity index (χ0) is 19.9. The number of anilines is 4. The van der Waals surface area contributed by atoms with Crippen molar-refractivity contribution in [3.05, 3.63) is 70.9 Å². The maximum absolute atomic E-state index is 5.94. The summed E-state index contributed by atoms with van der Waals surface area (Å²) in [6, 6.07) is 18.1. The Hall–Kier alpha value is -2.79. The summed E-state index contributed by atoms with van der Waals surface area (Å²) >= 11 is 5.94. The molecule has 0 unspecified atom stereocenters. The quantitative estimate of drug-likeness (QED) is 0.516. The molecule has 0 bridgehead atoms. The van der Waals surface area contributed by atoms with E-state index in [2.05, 4.69) is 63.6 Å². The van der Waals surface area contributed by atoms with Crippen LogP contribution in [0.25, 0.3) is 0 Å². The van der Waals surface area contributed by atoms with Crippen LogP contribution in [0.5, 0.6) is 0 Å². The average molecular weight is 396 g/mol. The first kappa shape index (κ1) is 20.0. The van der Waals surface area contributed by atoms with E-state index < -0.39 is 0 Å². The van der Waals surface area contributed by atoms with E-state index in [9.17, 15) is 0 Å². The van der Waals surface area contributed by atoms with Gasteiger partial charge in [0, 0.05) is 47.8 Å². The lowest BCUT2D eigenvalue weighted by molar-refractivity contribution is 0.866. The molecule has 0 saturated carbocycles. The van der Waals surface area contributed by atoms with Crippen LogP contribution in [0, 0.1) is 6.92 Å². The second-order valence-corrected chi connectivity index (χ2v) is 6.98. The normalized spacial score (nSPS) is 10.6. The minimum Gasteiger partial charge on any atom is -0.372 e. The van der Waals surface area contributed by atoms with Gasteiger partial charge < -0.3 is 15.5 Å². The highest BCUT2D eigenvalue weighted by molar-refractivity contribution is 6.30. The number of halogens is 1. The summed E-state index contributed by atoms with van der Waals surface area (Å²) in [7, 11) is 0. The van der Waals surface area contributed by atoms with Crippen molar-refractivity contribution in [3.63, 3.8) is 0 Å². The highest BCUT2D eigenvalue weighted by atomic mass is 35.5. The van der Waals surface area contributed by atoms with Gasteiger partial charge in [0.2, 0.25) is 5.95 Å². The Balaban J connectivity index is 1.68. The first-order valence-corrected chi connectivity index (χ1v) is 9.91. The minimum absolute atomic E-state index is 0.578. The number of rotatable bonds is 8. The van der Waals surface area contributed by atoms with Gasteiger partial charge in [-0.05, 0) is 62.7 Å². The van der Waals surface area contributed by atoms with Gasteiger partial charge in [0.1, 0.15) is 5.82 Å². The van der Waals surface area contributed by atoms with Crippen LogP contribution in [0.4, 0.5) is 23.1 Å². The van der Waals surface area contributed by atoms with E-state index >= 15 is 0 Å². The van der Waals surface area contributed by atoms with Gasteiger partial charge in [-0.2, -0.15) is 4.98 Å². The van der Waals surface area contributed by atoms with Crippen LogP contribution in [-0.4, -0.2) is 23.1 Å². The van der Waals surface area contributed by atoms with Gasteiger partial charge in [0.05, 0.1) is 0 Å². The van der Waals surface area contributed by atoms with Crippen LogP contribution in [0.15, 0.2) is 54.6 Å². The topological polar surface area (TPSA) is 53.1 Å². The lowest BCUT2D eigenvalue weighted by Gasteiger charge is -2.21. The fourth-order valence-electron chi connectivity index (χ4n) is 2.98. The molecule has 0 saturated heterocycles. The largest absolute Gasteiger partial charge is 0.372 e. The Morgan fingerprint density at radius 3 is 2.25 bits per heavy atom. The summed E-state index contributed by atoms with van der Waals surface area (Å²) in [6.45, 7) is 8.94. The average Bonchev–Trinajstić information content (AvgIpc) is 2.69. The first-order chi connectivity index (χ1) is 13.6. The third kappa shape index (κ3) is 5.36. The molecule has 2 aromatic carbocycles. The van der Waals surface area contributed by atoms with Gasteiger partial charge in [-0.15, -0.1) is 0 Å². The van der Waals surface area contributed by atoms with Crippen molar-refractivity contribution in [2.75, 3.05) is 28.6 Å². The van der Waals surface area contributed by atoms with Gasteiger partial charge >= 0.3 is 0 Å². The molecule has 6 heteroatoms. The molecule has 2 N–H and O–H groups in total. The van der Waals surface area contributed by atoms with Crippen molar-refractivity contribution in [3.8, 4) is 0 Å². The SMILES string of the molecule is CCN(CC)c1ccc(Nc2nc(C)cc(NCc3ccc(Cl)cc3)n2)cc1. The number of nitrogens with zero attached hydrogens (tertiary/aromatic N) is 3. The monoisotopic (exact) mass is 395 g/mol. The molecule has 146 valence electrons. The highest BCUT2D eigenvalue weighted by Crippen LogP contribution is 2.21. The maximum Gasteiger partial charge on any atom is 0.229 e. The molecule has 28 heavy (non-hydrogen) atoms. The molecule has 0 spiro atoms. The zero-order valence-corrected chi connectivity index (χ0v) is 17.3. The Labute approximate surface area is 171 Å². The van der Waals surface area contributed by atoms with Crippen LogP contribution >= 0.6 is 11.6 Å². The molecule has 1 heterocycles. The van der Waals surface area contributed by atoms with Gasteiger partial charge in [0.25, 0.3) is 0 Å². The molecule has 1 aromatic heterocycles. The van der Waals surface area contributed by atoms with Gasteiger partial charge in [0.15, 0.2) is 0 Å². The smallest absolute Gasteiger partial charge is 0.229 e. The van der Waals surface area contributed by atoms with Crippen molar-refractivity contribution >= 4 is 34.7 Å². The molecule has 0 amide bonds. The molecule has 0 radical (unpaired) electrons. The van der Waals surface area contributed by atoms with Crippen LogP contribution in [0.1, 0.15) is 25.1 Å². The zero-order valence-electron chi connectivity index (χ0n) is 16.5. The fourth-order valence-corrected chi connectivity index (χ4v) is 3.11. The standard InChI is InChI=1S/C22H26ClN5/c1-4-28(5-2)20-12-10-19(11-13-20)26-22-25-16(3)14-21(27-22)24-15-17-6-8-18(23)9-7-17/h6-14H,4-5,15H2,1-3H3,(H2,24,25,26,27). The number of benzene rings is 2. The third-order valence-electron chi connectivity index (χ3n) is 4.49. The minimum atomic E-state index is 0.578. The summed E-state index contributed by atoms with van der Waals surface area (Å²) in [5, 5.41) is 7.38. The molecule has 0 aliphatic rings. The molecule has 3 aromatic rings. The predicted octanol–water partition coefficient (Wildman–Crippen LogP) is 5.64. The van der Waals surface area contributed by atoms with Gasteiger partial charge in [-0.3, -0.25) is 0 Å². The van der Waals surface area contributed by atoms with Crippen molar-refractivity contribution in [2.24, 2.45) is 0 Å². The van der Waals surface area contributed by atoms with E-state index in [1.165, 1.54) is 5.69 Å². The Morgan fingerprint density at radius 1 is 0.929 bits per heavy atom. The van der Waals surface area contributed by atoms with Crippen LogP contribution in [-0.2, 0) is 6.54 Å². The van der Waals surface area contributed by atoms with Crippen LogP contribution < -0.4 is 15.5 Å². The number of hydrogen-bond donors (Lipinski definition) is 2. The van der Waals surface area contributed by atoms with Crippen molar-refractivity contribution in [1.82, 2.24) is 9.97 Å². The molecular weight excluding hydrogens is 370 g/mol. The lowest BCUT2D eigenvalue weighted by atomic mass is 10.2. The number of nitrogens with one attached hydrogen (secondary N) is 2. The van der Waals surface area contributed by atoms with E-state index in [1.807, 2.05) is 37.3 Å². The summed E-state index contributed by atoms with van der Waals surface area (Å²) in [4.78, 5) is 11.4. The Kier molecular flexibility index (Phi) is 6.71. The first-order valence-electron chi connectivity index (χ1n) is 9.53. The predicted molar refractivity (Wildman–Crippen MR) is 119 cm³/mol. The number of aromatic nitrogens is 2. The van der Waals surface area contributed by atoms with Crippen molar-refractivity contribution < 1.29 is 0 Å².